The van der Waals surface area contributed by atoms with Crippen molar-refractivity contribution in [3.8, 4) is 5.75 Å². The Morgan fingerprint density at radius 2 is 1.70 bits per heavy atom. The van der Waals surface area contributed by atoms with E-state index in [2.05, 4.69) is 23.3 Å². The number of thiol groups is 1. The number of aryl methyl sites for hydroxylation is 2. The van der Waals surface area contributed by atoms with E-state index in [0.29, 0.717) is 30.0 Å². The second-order valence-electron chi connectivity index (χ2n) is 9.89. The molecule has 8 nitrogen and oxygen atoms in total. The molecule has 0 heterocycles. The number of hydrogen-bond acceptors (Lipinski definition) is 6. The van der Waals surface area contributed by atoms with Crippen molar-refractivity contribution in [2.45, 2.75) is 65.6 Å². The van der Waals surface area contributed by atoms with Gasteiger partial charge in [-0.2, -0.15) is 12.6 Å². The van der Waals surface area contributed by atoms with Crippen LogP contribution in [0.4, 0.5) is 10.5 Å². The van der Waals surface area contributed by atoms with Gasteiger partial charge in [0.1, 0.15) is 23.4 Å². The minimum Gasteiger partial charge on any atom is -0.497 e. The third-order valence-electron chi connectivity index (χ3n) is 5.56. The van der Waals surface area contributed by atoms with Gasteiger partial charge in [0.2, 0.25) is 5.91 Å². The number of carbonyl (C=O) groups is 3. The summed E-state index contributed by atoms with van der Waals surface area (Å²) in [6.07, 6.45) is -0.114. The minimum atomic E-state index is -0.980. The van der Waals surface area contributed by atoms with Crippen molar-refractivity contribution in [3.05, 3.63) is 59.2 Å². The molecule has 0 aliphatic rings. The van der Waals surface area contributed by atoms with Crippen molar-refractivity contribution in [2.24, 2.45) is 0 Å². The first-order chi connectivity index (χ1) is 17.4. The highest BCUT2D eigenvalue weighted by Gasteiger charge is 2.36. The number of carbonyl (C=O) groups excluding carboxylic acids is 3. The Morgan fingerprint density at radius 1 is 1.05 bits per heavy atom. The van der Waals surface area contributed by atoms with Gasteiger partial charge in [0.25, 0.3) is 5.91 Å². The molecule has 0 spiro atoms. The molecule has 0 radical (unpaired) electrons. The molecule has 0 fully saturated rings. The second-order valence-corrected chi connectivity index (χ2v) is 10.3. The number of ether oxygens (including phenoxy) is 2. The van der Waals surface area contributed by atoms with Gasteiger partial charge in [-0.05, 0) is 76.4 Å². The monoisotopic (exact) mass is 529 g/mol. The maximum absolute atomic E-state index is 13.8. The van der Waals surface area contributed by atoms with Crippen LogP contribution in [0.1, 0.15) is 56.8 Å². The molecule has 2 unspecified atom stereocenters. The number of alkyl carbamates (subject to hydrolysis) is 1. The molecule has 2 N–H and O–H groups in total. The lowest BCUT2D eigenvalue weighted by molar-refractivity contribution is -0.140. The Bertz CT molecular complexity index is 1080. The Morgan fingerprint density at radius 3 is 2.22 bits per heavy atom. The predicted molar refractivity (Wildman–Crippen MR) is 149 cm³/mol. The fraction of sp³-hybridized carbons (Fsp3) is 0.464. The highest BCUT2D eigenvalue weighted by atomic mass is 32.1. The van der Waals surface area contributed by atoms with Crippen LogP contribution < -0.4 is 15.4 Å². The van der Waals surface area contributed by atoms with Crippen molar-refractivity contribution in [1.29, 1.82) is 0 Å². The summed E-state index contributed by atoms with van der Waals surface area (Å²) in [6.45, 7) is 11.3. The molecule has 9 heteroatoms. The first-order valence-electron chi connectivity index (χ1n) is 12.3. The molecular weight excluding hydrogens is 490 g/mol. The third-order valence-corrected chi connectivity index (χ3v) is 5.92. The zero-order valence-corrected chi connectivity index (χ0v) is 23.6. The first-order valence-corrected chi connectivity index (χ1v) is 13.0. The summed E-state index contributed by atoms with van der Waals surface area (Å²) in [5.41, 5.74) is 2.47. The molecule has 0 aliphatic carbocycles. The van der Waals surface area contributed by atoms with E-state index in [9.17, 15) is 14.4 Å². The molecule has 202 valence electrons. The van der Waals surface area contributed by atoms with Crippen LogP contribution in [0.2, 0.25) is 0 Å². The fourth-order valence-corrected chi connectivity index (χ4v) is 4.16. The zero-order valence-electron chi connectivity index (χ0n) is 22.8. The van der Waals surface area contributed by atoms with Crippen LogP contribution in [-0.4, -0.2) is 53.9 Å². The Kier molecular flexibility index (Phi) is 10.9. The first kappa shape index (κ1) is 30.0. The van der Waals surface area contributed by atoms with Crippen LogP contribution in [0.25, 0.3) is 0 Å². The van der Waals surface area contributed by atoms with E-state index in [4.69, 9.17) is 9.47 Å². The lowest BCUT2D eigenvalue weighted by Crippen LogP contribution is -2.53. The molecule has 0 saturated heterocycles. The van der Waals surface area contributed by atoms with Gasteiger partial charge in [-0.3, -0.25) is 9.59 Å². The molecule has 0 saturated carbocycles. The fourth-order valence-electron chi connectivity index (χ4n) is 3.91. The molecule has 0 aliphatic heterocycles. The molecule has 3 amide bonds. The maximum Gasteiger partial charge on any atom is 0.408 e. The van der Waals surface area contributed by atoms with Crippen LogP contribution in [0.3, 0.4) is 0 Å². The van der Waals surface area contributed by atoms with Gasteiger partial charge < -0.3 is 25.0 Å². The average molecular weight is 530 g/mol. The van der Waals surface area contributed by atoms with Gasteiger partial charge in [-0.15, -0.1) is 0 Å². The van der Waals surface area contributed by atoms with E-state index in [1.54, 1.807) is 52.1 Å². The predicted octanol–water partition coefficient (Wildman–Crippen LogP) is 5.05. The number of methoxy groups -OCH3 is 1. The standard InChI is InChI=1S/C28H39N3O5S/c1-8-15-31(26(33)23(17-37)30-27(34)36-28(4,5)6)24(22-14-9-18(2)16-19(22)3)25(32)29-20-10-12-21(35-7)13-11-20/h9-14,16,23-24,37H,8,15,17H2,1-7H3,(H,29,32)(H,30,34). The maximum atomic E-state index is 13.8. The Labute approximate surface area is 225 Å². The molecule has 2 rings (SSSR count). The van der Waals surface area contributed by atoms with E-state index in [1.165, 1.54) is 4.90 Å². The van der Waals surface area contributed by atoms with Crippen molar-refractivity contribution in [3.63, 3.8) is 0 Å². The lowest BCUT2D eigenvalue weighted by Gasteiger charge is -2.34. The summed E-state index contributed by atoms with van der Waals surface area (Å²) < 4.78 is 10.5. The molecule has 2 aromatic carbocycles. The van der Waals surface area contributed by atoms with Gasteiger partial charge in [0.05, 0.1) is 7.11 Å². The topological polar surface area (TPSA) is 97.0 Å². The van der Waals surface area contributed by atoms with Gasteiger partial charge in [0, 0.05) is 18.0 Å². The lowest BCUT2D eigenvalue weighted by atomic mass is 9.96. The number of amides is 3. The Hall–Kier alpha value is -3.20. The molecular formula is C28H39N3O5S. The van der Waals surface area contributed by atoms with E-state index in [1.807, 2.05) is 39.0 Å². The van der Waals surface area contributed by atoms with Crippen LogP contribution in [0.5, 0.6) is 5.75 Å². The highest BCUT2D eigenvalue weighted by molar-refractivity contribution is 7.80. The van der Waals surface area contributed by atoms with Gasteiger partial charge >= 0.3 is 6.09 Å². The summed E-state index contributed by atoms with van der Waals surface area (Å²) in [5, 5.41) is 5.56. The quantitative estimate of drug-likeness (QED) is 0.374. The number of nitrogens with zero attached hydrogens (tertiary/aromatic N) is 1. The summed E-state index contributed by atoms with van der Waals surface area (Å²) in [5.74, 6) is -0.0823. The summed E-state index contributed by atoms with van der Waals surface area (Å²) in [4.78, 5) is 41.5. The summed E-state index contributed by atoms with van der Waals surface area (Å²) in [7, 11) is 1.57. The Balaban J connectivity index is 2.47. The van der Waals surface area contributed by atoms with Crippen molar-refractivity contribution >= 4 is 36.2 Å². The van der Waals surface area contributed by atoms with Crippen LogP contribution in [0, 0.1) is 13.8 Å². The number of rotatable bonds is 10. The number of hydrogen-bond donors (Lipinski definition) is 3. The van der Waals surface area contributed by atoms with Crippen molar-refractivity contribution in [1.82, 2.24) is 10.2 Å². The summed E-state index contributed by atoms with van der Waals surface area (Å²) in [6, 6.07) is 10.8. The van der Waals surface area contributed by atoms with E-state index in [-0.39, 0.29) is 11.7 Å². The zero-order chi connectivity index (χ0) is 27.8. The summed E-state index contributed by atoms with van der Waals surface area (Å²) >= 11 is 4.31. The van der Waals surface area contributed by atoms with E-state index in [0.717, 1.165) is 11.1 Å². The smallest absolute Gasteiger partial charge is 0.408 e. The van der Waals surface area contributed by atoms with E-state index >= 15 is 0 Å². The second kappa shape index (κ2) is 13.4. The average Bonchev–Trinajstić information content (AvgIpc) is 2.82. The van der Waals surface area contributed by atoms with Crippen molar-refractivity contribution < 1.29 is 23.9 Å². The highest BCUT2D eigenvalue weighted by Crippen LogP contribution is 2.28. The van der Waals surface area contributed by atoms with Gasteiger partial charge in [-0.25, -0.2) is 4.79 Å². The largest absolute Gasteiger partial charge is 0.497 e. The van der Waals surface area contributed by atoms with E-state index < -0.39 is 29.7 Å². The van der Waals surface area contributed by atoms with Crippen molar-refractivity contribution in [2.75, 3.05) is 24.7 Å². The van der Waals surface area contributed by atoms with Gasteiger partial charge in [-0.1, -0.05) is 30.7 Å². The normalized spacial score (nSPS) is 12.8. The molecule has 2 aromatic rings. The number of nitrogens with one attached hydrogen (secondary N) is 2. The number of benzene rings is 2. The van der Waals surface area contributed by atoms with Crippen LogP contribution in [0.15, 0.2) is 42.5 Å². The minimum absolute atomic E-state index is 0.0397. The van der Waals surface area contributed by atoms with Gasteiger partial charge in [0.15, 0.2) is 0 Å². The molecule has 37 heavy (non-hydrogen) atoms. The molecule has 2 atom stereocenters. The SMILES string of the molecule is CCCN(C(=O)C(CS)NC(=O)OC(C)(C)C)C(C(=O)Nc1ccc(OC)cc1)c1ccc(C)cc1C. The molecule has 0 aromatic heterocycles. The number of anilines is 1. The van der Waals surface area contributed by atoms with Crippen LogP contribution in [-0.2, 0) is 14.3 Å². The van der Waals surface area contributed by atoms with Crippen LogP contribution >= 0.6 is 12.6 Å². The molecule has 0 bridgehead atoms. The third kappa shape index (κ3) is 8.70.